The standard InChI is InChI=1S/C23H23N3O5/c1-4-25-12-11-19(24-25)21(27)8-6-17-7-10-22(30-3)18(14-17)15-31-23-9-5-16(2)13-20(23)26(28)29/h5-14H,4,15H2,1-3H3/b8-6+. The number of carbonyl (C=O) groups excluding carboxylic acids is 1. The first-order valence-corrected chi connectivity index (χ1v) is 9.72. The van der Waals surface area contributed by atoms with Crippen molar-refractivity contribution in [1.29, 1.82) is 0 Å². The van der Waals surface area contributed by atoms with Crippen molar-refractivity contribution in [2.75, 3.05) is 7.11 Å². The average molecular weight is 421 g/mol. The number of rotatable bonds is 9. The Balaban J connectivity index is 1.78. The maximum Gasteiger partial charge on any atom is 0.311 e. The lowest BCUT2D eigenvalue weighted by molar-refractivity contribution is -0.386. The molecule has 0 radical (unpaired) electrons. The molecule has 1 heterocycles. The number of nitro groups is 1. The van der Waals surface area contributed by atoms with Crippen LogP contribution < -0.4 is 9.47 Å². The largest absolute Gasteiger partial charge is 0.496 e. The summed E-state index contributed by atoms with van der Waals surface area (Å²) in [6, 6.07) is 11.9. The van der Waals surface area contributed by atoms with E-state index in [4.69, 9.17) is 9.47 Å². The predicted molar refractivity (Wildman–Crippen MR) is 116 cm³/mol. The highest BCUT2D eigenvalue weighted by molar-refractivity contribution is 6.05. The highest BCUT2D eigenvalue weighted by atomic mass is 16.6. The molecule has 1 aromatic heterocycles. The molecule has 0 atom stereocenters. The zero-order valence-electron chi connectivity index (χ0n) is 17.6. The maximum absolute atomic E-state index is 12.3. The number of hydrogen-bond donors (Lipinski definition) is 0. The highest BCUT2D eigenvalue weighted by Gasteiger charge is 2.16. The zero-order chi connectivity index (χ0) is 22.4. The van der Waals surface area contributed by atoms with E-state index < -0.39 is 4.92 Å². The molecule has 2 aromatic carbocycles. The van der Waals surface area contributed by atoms with Crippen LogP contribution in [0.5, 0.6) is 11.5 Å². The molecule has 0 amide bonds. The number of ether oxygens (including phenoxy) is 2. The van der Waals surface area contributed by atoms with Crippen LogP contribution in [0, 0.1) is 17.0 Å². The highest BCUT2D eigenvalue weighted by Crippen LogP contribution is 2.30. The molecule has 8 nitrogen and oxygen atoms in total. The van der Waals surface area contributed by atoms with Gasteiger partial charge in [0.05, 0.1) is 12.0 Å². The fraction of sp³-hybridized carbons (Fsp3) is 0.217. The molecule has 0 unspecified atom stereocenters. The van der Waals surface area contributed by atoms with Gasteiger partial charge in [-0.25, -0.2) is 0 Å². The van der Waals surface area contributed by atoms with Gasteiger partial charge in [-0.3, -0.25) is 19.6 Å². The minimum absolute atomic E-state index is 0.0730. The summed E-state index contributed by atoms with van der Waals surface area (Å²) in [6.07, 6.45) is 4.90. The Bertz CT molecular complexity index is 1130. The van der Waals surface area contributed by atoms with Crippen LogP contribution in [-0.4, -0.2) is 27.6 Å². The first-order chi connectivity index (χ1) is 14.9. The Hall–Kier alpha value is -3.94. The van der Waals surface area contributed by atoms with E-state index in [1.165, 1.54) is 19.3 Å². The summed E-state index contributed by atoms with van der Waals surface area (Å²) >= 11 is 0. The van der Waals surface area contributed by atoms with Crippen LogP contribution in [0.1, 0.15) is 34.1 Å². The summed E-state index contributed by atoms with van der Waals surface area (Å²) in [4.78, 5) is 23.2. The molecule has 3 aromatic rings. The molecule has 160 valence electrons. The second-order valence-electron chi connectivity index (χ2n) is 6.84. The lowest BCUT2D eigenvalue weighted by atomic mass is 10.1. The first kappa shape index (κ1) is 21.8. The Kier molecular flexibility index (Phi) is 6.81. The Morgan fingerprint density at radius 1 is 1.19 bits per heavy atom. The molecule has 0 bridgehead atoms. The molecule has 0 aliphatic rings. The number of ketones is 1. The van der Waals surface area contributed by atoms with E-state index in [2.05, 4.69) is 5.10 Å². The Labute approximate surface area is 179 Å². The number of benzene rings is 2. The molecule has 0 aliphatic carbocycles. The van der Waals surface area contributed by atoms with Crippen LogP contribution in [-0.2, 0) is 13.2 Å². The van der Waals surface area contributed by atoms with Crippen LogP contribution in [0.2, 0.25) is 0 Å². The van der Waals surface area contributed by atoms with E-state index in [0.29, 0.717) is 23.6 Å². The number of aryl methyl sites for hydroxylation is 2. The van der Waals surface area contributed by atoms with Gasteiger partial charge in [-0.2, -0.15) is 5.10 Å². The Morgan fingerprint density at radius 2 is 1.97 bits per heavy atom. The zero-order valence-corrected chi connectivity index (χ0v) is 17.6. The third-order valence-electron chi connectivity index (χ3n) is 4.64. The second-order valence-corrected chi connectivity index (χ2v) is 6.84. The van der Waals surface area contributed by atoms with Crippen molar-refractivity contribution < 1.29 is 19.2 Å². The second kappa shape index (κ2) is 9.71. The van der Waals surface area contributed by atoms with E-state index in [1.54, 1.807) is 48.1 Å². The van der Waals surface area contributed by atoms with Gasteiger partial charge in [0.25, 0.3) is 0 Å². The topological polar surface area (TPSA) is 96.5 Å². The van der Waals surface area contributed by atoms with E-state index in [-0.39, 0.29) is 23.8 Å². The molecule has 0 saturated carbocycles. The third-order valence-corrected chi connectivity index (χ3v) is 4.64. The van der Waals surface area contributed by atoms with E-state index in [0.717, 1.165) is 11.1 Å². The van der Waals surface area contributed by atoms with Gasteiger partial charge in [-0.15, -0.1) is 0 Å². The molecular weight excluding hydrogens is 398 g/mol. The molecule has 3 rings (SSSR count). The number of nitrogens with zero attached hydrogens (tertiary/aromatic N) is 3. The molecule has 31 heavy (non-hydrogen) atoms. The van der Waals surface area contributed by atoms with Crippen LogP contribution in [0.25, 0.3) is 6.08 Å². The summed E-state index contributed by atoms with van der Waals surface area (Å²) in [5.74, 6) is 0.566. The number of hydrogen-bond acceptors (Lipinski definition) is 6. The van der Waals surface area contributed by atoms with Crippen molar-refractivity contribution in [1.82, 2.24) is 9.78 Å². The van der Waals surface area contributed by atoms with Crippen molar-refractivity contribution in [3.8, 4) is 11.5 Å². The first-order valence-electron chi connectivity index (χ1n) is 9.72. The maximum atomic E-state index is 12.3. The number of allylic oxidation sites excluding steroid dienone is 1. The van der Waals surface area contributed by atoms with Crippen LogP contribution >= 0.6 is 0 Å². The lowest BCUT2D eigenvalue weighted by Crippen LogP contribution is -2.02. The smallest absolute Gasteiger partial charge is 0.311 e. The molecule has 0 N–H and O–H groups in total. The molecule has 0 saturated heterocycles. The van der Waals surface area contributed by atoms with E-state index in [9.17, 15) is 14.9 Å². The van der Waals surface area contributed by atoms with Gasteiger partial charge in [0.2, 0.25) is 5.78 Å². The number of aromatic nitrogens is 2. The van der Waals surface area contributed by atoms with Crippen molar-refractivity contribution >= 4 is 17.5 Å². The van der Waals surface area contributed by atoms with Gasteiger partial charge in [-0.05, 0) is 55.3 Å². The minimum atomic E-state index is -0.468. The van der Waals surface area contributed by atoms with Crippen molar-refractivity contribution in [3.05, 3.63) is 87.2 Å². The Morgan fingerprint density at radius 3 is 2.65 bits per heavy atom. The van der Waals surface area contributed by atoms with Crippen molar-refractivity contribution in [3.63, 3.8) is 0 Å². The van der Waals surface area contributed by atoms with Crippen molar-refractivity contribution in [2.45, 2.75) is 27.0 Å². The third kappa shape index (κ3) is 5.36. The molecule has 0 aliphatic heterocycles. The summed E-state index contributed by atoms with van der Waals surface area (Å²) in [5.41, 5.74) is 2.52. The summed E-state index contributed by atoms with van der Waals surface area (Å²) in [7, 11) is 1.54. The van der Waals surface area contributed by atoms with E-state index >= 15 is 0 Å². The summed E-state index contributed by atoms with van der Waals surface area (Å²) in [5, 5.41) is 15.5. The predicted octanol–water partition coefficient (Wildman–Crippen LogP) is 4.60. The number of carbonyl (C=O) groups is 1. The summed E-state index contributed by atoms with van der Waals surface area (Å²) in [6.45, 7) is 4.49. The average Bonchev–Trinajstić information content (AvgIpc) is 3.26. The lowest BCUT2D eigenvalue weighted by Gasteiger charge is -2.11. The van der Waals surface area contributed by atoms with E-state index in [1.807, 2.05) is 19.1 Å². The summed E-state index contributed by atoms with van der Waals surface area (Å²) < 4.78 is 12.8. The minimum Gasteiger partial charge on any atom is -0.496 e. The molecular formula is C23H23N3O5. The fourth-order valence-corrected chi connectivity index (χ4v) is 2.99. The van der Waals surface area contributed by atoms with Gasteiger partial charge in [-0.1, -0.05) is 18.2 Å². The van der Waals surface area contributed by atoms with Gasteiger partial charge >= 0.3 is 5.69 Å². The van der Waals surface area contributed by atoms with Crippen LogP contribution in [0.3, 0.4) is 0 Å². The normalized spacial score (nSPS) is 10.9. The monoisotopic (exact) mass is 421 g/mol. The quantitative estimate of drug-likeness (QED) is 0.217. The SMILES string of the molecule is CCn1ccc(C(=O)/C=C/c2ccc(OC)c(COc3ccc(C)cc3[N+](=O)[O-])c2)n1. The number of nitro benzene ring substituents is 1. The molecule has 8 heteroatoms. The van der Waals surface area contributed by atoms with Gasteiger partial charge in [0.1, 0.15) is 18.1 Å². The van der Waals surface area contributed by atoms with Crippen LogP contribution in [0.15, 0.2) is 54.7 Å². The van der Waals surface area contributed by atoms with Gasteiger partial charge in [0.15, 0.2) is 5.75 Å². The van der Waals surface area contributed by atoms with Gasteiger partial charge < -0.3 is 9.47 Å². The molecule has 0 spiro atoms. The van der Waals surface area contributed by atoms with Gasteiger partial charge in [0, 0.05) is 24.4 Å². The molecule has 0 fully saturated rings. The van der Waals surface area contributed by atoms with Crippen molar-refractivity contribution in [2.24, 2.45) is 0 Å². The van der Waals surface area contributed by atoms with Crippen LogP contribution in [0.4, 0.5) is 5.69 Å². The fourth-order valence-electron chi connectivity index (χ4n) is 2.99. The number of methoxy groups -OCH3 is 1.